The van der Waals surface area contributed by atoms with E-state index in [1.807, 2.05) is 0 Å². The van der Waals surface area contributed by atoms with Gasteiger partial charge < -0.3 is 4.74 Å². The quantitative estimate of drug-likeness (QED) is 0.323. The Kier molecular flexibility index (Phi) is 6.75. The standard InChI is InChI=1S/C30H46O3/c1-18(2)19(3)8-9-20(4)25-12-13-26-24-11-10-22-16-23(33-21(5)31)14-15-29(22,6)28(24)27(32)17-30(25,26)7/h8-9,18-20,22-23,25-26H,10-17H2,1-7H3/b9-8+/t19-,20+,22-,23+,25-,26-,29-,30-/m0/s1. The molecule has 4 rings (SSSR count). The lowest BCUT2D eigenvalue weighted by atomic mass is 9.50. The monoisotopic (exact) mass is 454 g/mol. The van der Waals surface area contributed by atoms with Crippen molar-refractivity contribution >= 4 is 11.8 Å². The van der Waals surface area contributed by atoms with E-state index in [0.717, 1.165) is 38.5 Å². The highest BCUT2D eigenvalue weighted by molar-refractivity contribution is 5.99. The second kappa shape index (κ2) is 9.00. The van der Waals surface area contributed by atoms with Crippen LogP contribution in [0.2, 0.25) is 0 Å². The van der Waals surface area contributed by atoms with Crippen LogP contribution in [0.1, 0.15) is 99.8 Å². The number of Topliss-reactive ketones (excluding diaryl/α,β-unsaturated/α-hetero) is 1. The second-order valence-electron chi connectivity index (χ2n) is 12.7. The number of carbonyl (C=O) groups is 2. The molecule has 0 bridgehead atoms. The number of allylic oxidation sites excluding steroid dienone is 4. The van der Waals surface area contributed by atoms with Crippen LogP contribution in [0.15, 0.2) is 23.3 Å². The van der Waals surface area contributed by atoms with Crippen LogP contribution in [0.25, 0.3) is 0 Å². The Morgan fingerprint density at radius 1 is 1.06 bits per heavy atom. The zero-order valence-electron chi connectivity index (χ0n) is 22.1. The lowest BCUT2D eigenvalue weighted by molar-refractivity contribution is -0.151. The van der Waals surface area contributed by atoms with E-state index < -0.39 is 0 Å². The number of carbonyl (C=O) groups excluding carboxylic acids is 2. The molecular formula is C30H46O3. The van der Waals surface area contributed by atoms with Gasteiger partial charge in [0.05, 0.1) is 0 Å². The molecule has 184 valence electrons. The Labute approximate surface area is 201 Å². The van der Waals surface area contributed by atoms with E-state index in [1.165, 1.54) is 30.9 Å². The number of esters is 1. The molecule has 0 heterocycles. The van der Waals surface area contributed by atoms with Crippen LogP contribution in [0.3, 0.4) is 0 Å². The van der Waals surface area contributed by atoms with Gasteiger partial charge in [-0.2, -0.15) is 0 Å². The van der Waals surface area contributed by atoms with Gasteiger partial charge in [0, 0.05) is 18.9 Å². The molecule has 2 saturated carbocycles. The van der Waals surface area contributed by atoms with Gasteiger partial charge in [-0.1, -0.05) is 59.3 Å². The minimum atomic E-state index is -0.174. The van der Waals surface area contributed by atoms with Gasteiger partial charge in [0.15, 0.2) is 5.78 Å². The average Bonchev–Trinajstić information content (AvgIpc) is 3.07. The molecule has 3 nitrogen and oxygen atoms in total. The Bertz CT molecular complexity index is 851. The van der Waals surface area contributed by atoms with Gasteiger partial charge in [0.1, 0.15) is 6.10 Å². The Morgan fingerprint density at radius 2 is 1.79 bits per heavy atom. The van der Waals surface area contributed by atoms with Gasteiger partial charge in [-0.3, -0.25) is 9.59 Å². The van der Waals surface area contributed by atoms with Crippen molar-refractivity contribution in [1.82, 2.24) is 0 Å². The van der Waals surface area contributed by atoms with E-state index in [-0.39, 0.29) is 22.9 Å². The summed E-state index contributed by atoms with van der Waals surface area (Å²) in [5.74, 6) is 3.64. The number of fused-ring (bicyclic) bond motifs is 4. The maximum Gasteiger partial charge on any atom is 0.302 e. The molecule has 0 aliphatic heterocycles. The summed E-state index contributed by atoms with van der Waals surface area (Å²) >= 11 is 0. The van der Waals surface area contributed by atoms with Gasteiger partial charge in [-0.25, -0.2) is 0 Å². The van der Waals surface area contributed by atoms with Crippen molar-refractivity contribution in [2.75, 3.05) is 0 Å². The van der Waals surface area contributed by atoms with E-state index in [1.54, 1.807) is 0 Å². The number of hydrogen-bond donors (Lipinski definition) is 0. The van der Waals surface area contributed by atoms with Gasteiger partial charge >= 0.3 is 5.97 Å². The normalized spacial score (nSPS) is 40.4. The molecule has 33 heavy (non-hydrogen) atoms. The summed E-state index contributed by atoms with van der Waals surface area (Å²) in [6, 6.07) is 0. The van der Waals surface area contributed by atoms with E-state index >= 15 is 0 Å². The zero-order valence-corrected chi connectivity index (χ0v) is 22.1. The molecule has 0 radical (unpaired) electrons. The lowest BCUT2D eigenvalue weighted by Crippen LogP contribution is -2.49. The summed E-state index contributed by atoms with van der Waals surface area (Å²) in [4.78, 5) is 25.4. The molecule has 0 aromatic carbocycles. The third-order valence-corrected chi connectivity index (χ3v) is 10.5. The highest BCUT2D eigenvalue weighted by atomic mass is 16.5. The van der Waals surface area contributed by atoms with Crippen LogP contribution in [0, 0.1) is 46.3 Å². The second-order valence-corrected chi connectivity index (χ2v) is 12.7. The van der Waals surface area contributed by atoms with Gasteiger partial charge in [-0.15, -0.1) is 0 Å². The highest BCUT2D eigenvalue weighted by Crippen LogP contribution is 2.65. The fourth-order valence-electron chi connectivity index (χ4n) is 8.23. The van der Waals surface area contributed by atoms with Gasteiger partial charge in [0.25, 0.3) is 0 Å². The van der Waals surface area contributed by atoms with Crippen LogP contribution >= 0.6 is 0 Å². The summed E-state index contributed by atoms with van der Waals surface area (Å²) < 4.78 is 5.58. The van der Waals surface area contributed by atoms with Crippen LogP contribution < -0.4 is 0 Å². The molecule has 0 N–H and O–H groups in total. The minimum Gasteiger partial charge on any atom is -0.463 e. The van der Waals surface area contributed by atoms with Crippen LogP contribution in [-0.2, 0) is 14.3 Å². The van der Waals surface area contributed by atoms with Crippen molar-refractivity contribution in [3.8, 4) is 0 Å². The van der Waals surface area contributed by atoms with E-state index in [4.69, 9.17) is 4.74 Å². The van der Waals surface area contributed by atoms with Crippen molar-refractivity contribution in [2.45, 2.75) is 106 Å². The van der Waals surface area contributed by atoms with Crippen molar-refractivity contribution < 1.29 is 14.3 Å². The Balaban J connectivity index is 1.58. The SMILES string of the molecule is CC(=O)O[C@@H]1CC[C@]2(C)C3=C(CC[C@H]2C1)[C@@H]1CC[C@@H]([C@H](C)/C=C/[C@H](C)C(C)C)[C@]1(C)CC3=O. The smallest absolute Gasteiger partial charge is 0.302 e. The maximum absolute atomic E-state index is 13.9. The maximum atomic E-state index is 13.9. The summed E-state index contributed by atoms with van der Waals surface area (Å²) in [7, 11) is 0. The van der Waals surface area contributed by atoms with Gasteiger partial charge in [0.2, 0.25) is 0 Å². The van der Waals surface area contributed by atoms with Crippen LogP contribution in [0.4, 0.5) is 0 Å². The highest BCUT2D eigenvalue weighted by Gasteiger charge is 2.58. The molecule has 3 heteroatoms. The lowest BCUT2D eigenvalue weighted by Gasteiger charge is -2.54. The zero-order chi connectivity index (χ0) is 24.1. The molecular weight excluding hydrogens is 408 g/mol. The largest absolute Gasteiger partial charge is 0.463 e. The first-order chi connectivity index (χ1) is 15.5. The predicted octanol–water partition coefficient (Wildman–Crippen LogP) is 7.30. The molecule has 4 aliphatic rings. The number of hydrogen-bond acceptors (Lipinski definition) is 3. The first-order valence-electron chi connectivity index (χ1n) is 13.6. The molecule has 0 aromatic rings. The first-order valence-corrected chi connectivity index (χ1v) is 13.6. The molecule has 0 aromatic heterocycles. The third kappa shape index (κ3) is 4.27. The fraction of sp³-hybridized carbons (Fsp3) is 0.800. The summed E-state index contributed by atoms with van der Waals surface area (Å²) in [5.41, 5.74) is 2.80. The molecule has 0 spiro atoms. The van der Waals surface area contributed by atoms with Crippen molar-refractivity contribution in [3.63, 3.8) is 0 Å². The summed E-state index contributed by atoms with van der Waals surface area (Å²) in [5, 5.41) is 0. The van der Waals surface area contributed by atoms with E-state index in [9.17, 15) is 9.59 Å². The summed E-state index contributed by atoms with van der Waals surface area (Å²) in [6.07, 6.45) is 13.1. The first kappa shape index (κ1) is 24.7. The molecule has 0 unspecified atom stereocenters. The molecule has 8 atom stereocenters. The molecule has 0 saturated heterocycles. The van der Waals surface area contributed by atoms with Gasteiger partial charge in [-0.05, 0) is 91.3 Å². The minimum absolute atomic E-state index is 0.0288. The van der Waals surface area contributed by atoms with Crippen molar-refractivity contribution in [1.29, 1.82) is 0 Å². The van der Waals surface area contributed by atoms with E-state index in [2.05, 4.69) is 53.7 Å². The topological polar surface area (TPSA) is 43.4 Å². The molecule has 0 amide bonds. The molecule has 4 aliphatic carbocycles. The Morgan fingerprint density at radius 3 is 2.45 bits per heavy atom. The van der Waals surface area contributed by atoms with E-state index in [0.29, 0.717) is 41.3 Å². The molecule has 2 fully saturated rings. The average molecular weight is 455 g/mol. The number of ether oxygens (including phenoxy) is 1. The fourth-order valence-corrected chi connectivity index (χ4v) is 8.23. The number of rotatable bonds is 5. The van der Waals surface area contributed by atoms with Crippen molar-refractivity contribution in [3.05, 3.63) is 23.3 Å². The summed E-state index contributed by atoms with van der Waals surface area (Å²) in [6.45, 7) is 15.6. The van der Waals surface area contributed by atoms with Crippen LogP contribution in [-0.4, -0.2) is 17.9 Å². The Hall–Kier alpha value is -1.38. The van der Waals surface area contributed by atoms with Crippen molar-refractivity contribution in [2.24, 2.45) is 46.3 Å². The third-order valence-electron chi connectivity index (χ3n) is 10.5. The number of ketones is 1. The van der Waals surface area contributed by atoms with Crippen LogP contribution in [0.5, 0.6) is 0 Å². The predicted molar refractivity (Wildman–Crippen MR) is 134 cm³/mol.